The highest BCUT2D eigenvalue weighted by molar-refractivity contribution is 5.73. The minimum Gasteiger partial charge on any atom is -0.754 e. The van der Waals surface area contributed by atoms with E-state index in [2.05, 4.69) is 0 Å². The zero-order valence-corrected chi connectivity index (χ0v) is 18.0. The molecule has 2 aliphatic rings. The molecule has 32 heavy (non-hydrogen) atoms. The van der Waals surface area contributed by atoms with Gasteiger partial charge in [-0.2, -0.15) is 0 Å². The molecule has 6 nitrogen and oxygen atoms in total. The predicted molar refractivity (Wildman–Crippen MR) is 125 cm³/mol. The lowest BCUT2D eigenvalue weighted by molar-refractivity contribution is -0.397. The van der Waals surface area contributed by atoms with Gasteiger partial charge in [0.2, 0.25) is 0 Å². The molecule has 0 unspecified atom stereocenters. The molecule has 0 aromatic heterocycles. The molecule has 2 aliphatic heterocycles. The Morgan fingerprint density at radius 3 is 1.97 bits per heavy atom. The summed E-state index contributed by atoms with van der Waals surface area (Å²) in [6.07, 6.45) is 7.18. The zero-order chi connectivity index (χ0) is 22.5. The third-order valence-electron chi connectivity index (χ3n) is 5.30. The van der Waals surface area contributed by atoms with E-state index < -0.39 is 0 Å². The van der Waals surface area contributed by atoms with Crippen LogP contribution in [0.1, 0.15) is 11.1 Å². The predicted octanol–water partition coefficient (Wildman–Crippen LogP) is 5.03. The van der Waals surface area contributed by atoms with Gasteiger partial charge < -0.3 is 19.7 Å². The fourth-order valence-electron chi connectivity index (χ4n) is 3.84. The van der Waals surface area contributed by atoms with Gasteiger partial charge >= 0.3 is 0 Å². The number of rotatable bonds is 6. The summed E-state index contributed by atoms with van der Waals surface area (Å²) in [6, 6.07) is 18.7. The molecule has 0 saturated carbocycles. The van der Waals surface area contributed by atoms with Crippen LogP contribution < -0.4 is 0 Å². The Hall–Kier alpha value is -3.58. The normalized spacial score (nSPS) is 18.7. The first kappa shape index (κ1) is 21.6. The lowest BCUT2D eigenvalue weighted by Gasteiger charge is -2.38. The summed E-state index contributed by atoms with van der Waals surface area (Å²) >= 11 is 0. The van der Waals surface area contributed by atoms with Crippen LogP contribution in [0.3, 0.4) is 0 Å². The van der Waals surface area contributed by atoms with Gasteiger partial charge in [-0.3, -0.25) is 0 Å². The van der Waals surface area contributed by atoms with Crippen LogP contribution >= 0.6 is 0 Å². The number of hydrogen-bond acceptors (Lipinski definition) is 5. The van der Waals surface area contributed by atoms with E-state index in [-0.39, 0.29) is 24.6 Å². The molecule has 0 fully saturated rings. The van der Waals surface area contributed by atoms with Crippen molar-refractivity contribution >= 4 is 11.4 Å². The number of methoxy groups -OCH3 is 2. The van der Waals surface area contributed by atoms with Crippen molar-refractivity contribution < 1.29 is 14.2 Å². The van der Waals surface area contributed by atoms with Crippen molar-refractivity contribution in [2.75, 3.05) is 27.4 Å². The Morgan fingerprint density at radius 2 is 1.34 bits per heavy atom. The number of ether oxygens (including phenoxy) is 2. The molecular weight excluding hydrogens is 404 g/mol. The van der Waals surface area contributed by atoms with Gasteiger partial charge in [0.05, 0.1) is 29.1 Å². The number of hydroxylamine groups is 2. The van der Waals surface area contributed by atoms with Crippen molar-refractivity contribution in [2.45, 2.75) is 0 Å². The summed E-state index contributed by atoms with van der Waals surface area (Å²) < 4.78 is 11.5. The highest BCUT2D eigenvalue weighted by Gasteiger charge is 2.38. The molecule has 0 saturated heterocycles. The summed E-state index contributed by atoms with van der Waals surface area (Å²) in [5.74, 6) is 0. The SMILES string of the molecule is COCC1=CC=C(c2ccccc2)N([O-])C1=C1C(COC)=CC=C(c2ccccc2)[N+]1=O. The number of hydrogen-bond donors (Lipinski definition) is 0. The second kappa shape index (κ2) is 9.70. The molecule has 0 aliphatic carbocycles. The van der Waals surface area contributed by atoms with E-state index in [1.807, 2.05) is 72.8 Å². The Labute approximate surface area is 187 Å². The molecule has 0 bridgehead atoms. The van der Waals surface area contributed by atoms with Gasteiger partial charge in [0.1, 0.15) is 5.70 Å². The monoisotopic (exact) mass is 428 g/mol. The summed E-state index contributed by atoms with van der Waals surface area (Å²) in [6.45, 7) is 0.378. The molecule has 0 radical (unpaired) electrons. The second-order valence-electron chi connectivity index (χ2n) is 7.37. The second-order valence-corrected chi connectivity index (χ2v) is 7.37. The van der Waals surface area contributed by atoms with Crippen LogP contribution in [0.2, 0.25) is 0 Å². The van der Waals surface area contributed by atoms with Crippen molar-refractivity contribution in [1.29, 1.82) is 0 Å². The van der Waals surface area contributed by atoms with Crippen LogP contribution in [0.15, 0.2) is 108 Å². The molecule has 0 amide bonds. The van der Waals surface area contributed by atoms with E-state index in [1.165, 1.54) is 0 Å². The van der Waals surface area contributed by atoms with Crippen LogP contribution in [0.25, 0.3) is 11.4 Å². The molecule has 0 spiro atoms. The molecule has 0 atom stereocenters. The van der Waals surface area contributed by atoms with Crippen molar-refractivity contribution in [1.82, 2.24) is 5.06 Å². The molecule has 2 aromatic carbocycles. The standard InChI is InChI=1S/C26H24N2O4/c1-31-17-21-13-15-23(19-9-5-3-6-10-19)27(29)25(21)26-22(18-32-2)14-16-24(28(26)30)20-11-7-4-8-12-20/h3-16H,17-18H2,1-2H3. The summed E-state index contributed by atoms with van der Waals surface area (Å²) in [5, 5.41) is 14.5. The van der Waals surface area contributed by atoms with Crippen LogP contribution in [0.5, 0.6) is 0 Å². The van der Waals surface area contributed by atoms with Gasteiger partial charge in [-0.05, 0) is 29.8 Å². The Balaban J connectivity index is 1.90. The number of nitroso groups, excluding NO2 is 1. The number of nitrogens with zero attached hydrogens (tertiary/aromatic N) is 2. The Kier molecular flexibility index (Phi) is 6.56. The summed E-state index contributed by atoms with van der Waals surface area (Å²) in [4.78, 5) is 13.7. The molecule has 2 heterocycles. The van der Waals surface area contributed by atoms with E-state index >= 15 is 0 Å². The fraction of sp³-hybridized carbons (Fsp3) is 0.154. The molecule has 162 valence electrons. The maximum Gasteiger partial charge on any atom is 0.292 e. The quantitative estimate of drug-likeness (QED) is 0.604. The Bertz CT molecular complexity index is 1160. The van der Waals surface area contributed by atoms with Gasteiger partial charge in [0, 0.05) is 36.5 Å². The summed E-state index contributed by atoms with van der Waals surface area (Å²) in [7, 11) is 3.12. The van der Waals surface area contributed by atoms with Gasteiger partial charge in [0.25, 0.3) is 11.4 Å². The first-order chi connectivity index (χ1) is 15.7. The highest BCUT2D eigenvalue weighted by Crippen LogP contribution is 2.38. The zero-order valence-electron chi connectivity index (χ0n) is 18.0. The van der Waals surface area contributed by atoms with Crippen LogP contribution in [0, 0.1) is 10.1 Å². The van der Waals surface area contributed by atoms with Gasteiger partial charge in [-0.15, -0.1) is 0 Å². The van der Waals surface area contributed by atoms with Gasteiger partial charge in [0.15, 0.2) is 0 Å². The maximum atomic E-state index is 13.7. The van der Waals surface area contributed by atoms with E-state index in [4.69, 9.17) is 9.47 Å². The third-order valence-corrected chi connectivity index (χ3v) is 5.30. The van der Waals surface area contributed by atoms with E-state index in [9.17, 15) is 10.1 Å². The maximum absolute atomic E-state index is 13.7. The largest absolute Gasteiger partial charge is 0.754 e. The molecule has 2 aromatic rings. The topological polar surface area (TPSA) is 64.8 Å². The van der Waals surface area contributed by atoms with Gasteiger partial charge in [-0.1, -0.05) is 54.6 Å². The first-order valence-electron chi connectivity index (χ1n) is 10.3. The summed E-state index contributed by atoms with van der Waals surface area (Å²) in [5.41, 5.74) is 4.18. The lowest BCUT2D eigenvalue weighted by Crippen LogP contribution is -2.27. The van der Waals surface area contributed by atoms with E-state index in [0.29, 0.717) is 22.5 Å². The molecular formula is C26H24N2O4. The molecule has 6 heteroatoms. The van der Waals surface area contributed by atoms with Crippen molar-refractivity contribution in [3.63, 3.8) is 0 Å². The van der Waals surface area contributed by atoms with E-state index in [0.717, 1.165) is 21.0 Å². The van der Waals surface area contributed by atoms with E-state index in [1.54, 1.807) is 26.4 Å². The van der Waals surface area contributed by atoms with Crippen molar-refractivity contribution in [3.8, 4) is 0 Å². The Morgan fingerprint density at radius 1 is 0.781 bits per heavy atom. The van der Waals surface area contributed by atoms with Gasteiger partial charge in [-0.25, -0.2) is 0 Å². The highest BCUT2D eigenvalue weighted by atomic mass is 16.5. The fourth-order valence-corrected chi connectivity index (χ4v) is 3.84. The van der Waals surface area contributed by atoms with Crippen LogP contribution in [0.4, 0.5) is 0 Å². The number of allylic oxidation sites excluding steroid dienone is 4. The first-order valence-corrected chi connectivity index (χ1v) is 10.3. The number of benzene rings is 2. The third kappa shape index (κ3) is 4.11. The van der Waals surface area contributed by atoms with Crippen molar-refractivity contribution in [3.05, 3.63) is 129 Å². The van der Waals surface area contributed by atoms with Crippen molar-refractivity contribution in [2.24, 2.45) is 0 Å². The van der Waals surface area contributed by atoms with Crippen LogP contribution in [-0.2, 0) is 9.47 Å². The minimum absolute atomic E-state index is 0.189. The van der Waals surface area contributed by atoms with Crippen LogP contribution in [-0.4, -0.2) is 37.3 Å². The average molecular weight is 428 g/mol. The average Bonchev–Trinajstić information content (AvgIpc) is 2.82. The smallest absolute Gasteiger partial charge is 0.292 e. The molecule has 4 rings (SSSR count). The lowest BCUT2D eigenvalue weighted by atomic mass is 9.97. The minimum atomic E-state index is 0.189. The molecule has 0 N–H and O–H groups in total.